The van der Waals surface area contributed by atoms with Gasteiger partial charge in [0.25, 0.3) is 0 Å². The van der Waals surface area contributed by atoms with Crippen molar-refractivity contribution in [1.82, 2.24) is 4.90 Å². The molecule has 2 amide bonds. The Kier molecular flexibility index (Phi) is 4.80. The number of methoxy groups -OCH3 is 1. The van der Waals surface area contributed by atoms with Crippen LogP contribution in [0.25, 0.3) is 0 Å². The number of amides is 2. The highest BCUT2D eigenvalue weighted by molar-refractivity contribution is 5.89. The lowest BCUT2D eigenvalue weighted by Gasteiger charge is -2.38. The maximum atomic E-state index is 12.8. The van der Waals surface area contributed by atoms with Crippen LogP contribution < -0.4 is 10.1 Å². The predicted octanol–water partition coefficient (Wildman–Crippen LogP) is 4.08. The van der Waals surface area contributed by atoms with Gasteiger partial charge in [0, 0.05) is 12.2 Å². The van der Waals surface area contributed by atoms with Crippen molar-refractivity contribution in [3.63, 3.8) is 0 Å². The molecule has 5 heteroatoms. The zero-order chi connectivity index (χ0) is 17.9. The number of nitrogens with zero attached hydrogens (tertiary/aromatic N) is 1. The van der Waals surface area contributed by atoms with E-state index in [1.54, 1.807) is 7.11 Å². The Bertz CT molecular complexity index is 744. The molecule has 2 aromatic rings. The second-order valence-corrected chi connectivity index (χ2v) is 6.97. The molecule has 0 spiro atoms. The van der Waals surface area contributed by atoms with Crippen LogP contribution in [0.2, 0.25) is 0 Å². The van der Waals surface area contributed by atoms with Gasteiger partial charge in [-0.2, -0.15) is 0 Å². The van der Waals surface area contributed by atoms with E-state index in [0.717, 1.165) is 17.0 Å². The van der Waals surface area contributed by atoms with Gasteiger partial charge in [0.05, 0.1) is 19.8 Å². The summed E-state index contributed by atoms with van der Waals surface area (Å²) < 4.78 is 11.5. The Morgan fingerprint density at radius 2 is 1.81 bits per heavy atom. The highest BCUT2D eigenvalue weighted by Gasteiger charge is 2.40. The summed E-state index contributed by atoms with van der Waals surface area (Å²) in [5.74, 6) is 1.35. The minimum absolute atomic E-state index is 0.0721. The number of carbonyl (C=O) groups is 1. The topological polar surface area (TPSA) is 50.8 Å². The maximum absolute atomic E-state index is 12.8. The van der Waals surface area contributed by atoms with E-state index in [-0.39, 0.29) is 18.2 Å². The molecular weight excluding hydrogens is 328 g/mol. The Balaban J connectivity index is 1.47. The largest absolute Gasteiger partial charge is 0.497 e. The standard InChI is InChI=1S/C21H24N2O3/c1-25-18-11-9-17(10-12-18)22-21(24)23-13-19(15-5-3-2-4-6-15)26-20(14-23)16-7-8-16/h2-6,9-12,16,19-20H,7-8,13-14H2,1H3,(H,22,24)/t19-,20+/m0/s1. The van der Waals surface area contributed by atoms with Crippen molar-refractivity contribution in [3.8, 4) is 5.75 Å². The lowest BCUT2D eigenvalue weighted by molar-refractivity contribution is -0.0824. The van der Waals surface area contributed by atoms with Crippen molar-refractivity contribution in [2.24, 2.45) is 5.92 Å². The van der Waals surface area contributed by atoms with Gasteiger partial charge in [-0.3, -0.25) is 0 Å². The first-order chi connectivity index (χ1) is 12.7. The molecule has 26 heavy (non-hydrogen) atoms. The quantitative estimate of drug-likeness (QED) is 0.902. The van der Waals surface area contributed by atoms with Gasteiger partial charge in [0.2, 0.25) is 0 Å². The van der Waals surface area contributed by atoms with Crippen LogP contribution in [0.1, 0.15) is 24.5 Å². The van der Waals surface area contributed by atoms with Gasteiger partial charge in [0.15, 0.2) is 0 Å². The van der Waals surface area contributed by atoms with Crippen LogP contribution in [0.4, 0.5) is 10.5 Å². The SMILES string of the molecule is COc1ccc(NC(=O)N2C[C@@H](c3ccccc3)O[C@@H](C3CC3)C2)cc1. The fourth-order valence-corrected chi connectivity index (χ4v) is 3.41. The van der Waals surface area contributed by atoms with Crippen molar-refractivity contribution in [3.05, 3.63) is 60.2 Å². The van der Waals surface area contributed by atoms with E-state index in [1.807, 2.05) is 47.4 Å². The Labute approximate surface area is 153 Å². The van der Waals surface area contributed by atoms with Gasteiger partial charge in [-0.15, -0.1) is 0 Å². The fraction of sp³-hybridized carbons (Fsp3) is 0.381. The third-order valence-electron chi connectivity index (χ3n) is 5.07. The molecule has 1 saturated heterocycles. The second kappa shape index (κ2) is 7.38. The summed E-state index contributed by atoms with van der Waals surface area (Å²) in [6.07, 6.45) is 2.44. The molecule has 1 heterocycles. The number of ether oxygens (including phenoxy) is 2. The average molecular weight is 352 g/mol. The van der Waals surface area contributed by atoms with Gasteiger partial charge in [-0.1, -0.05) is 30.3 Å². The van der Waals surface area contributed by atoms with E-state index in [1.165, 1.54) is 12.8 Å². The molecule has 4 rings (SSSR count). The van der Waals surface area contributed by atoms with E-state index >= 15 is 0 Å². The van der Waals surface area contributed by atoms with Gasteiger partial charge >= 0.3 is 6.03 Å². The zero-order valence-electron chi connectivity index (χ0n) is 14.9. The molecule has 5 nitrogen and oxygen atoms in total. The summed E-state index contributed by atoms with van der Waals surface area (Å²) in [5.41, 5.74) is 1.89. The number of morpholine rings is 1. The smallest absolute Gasteiger partial charge is 0.322 e. The normalized spacial score (nSPS) is 22.7. The number of nitrogens with one attached hydrogen (secondary N) is 1. The van der Waals surface area contributed by atoms with Crippen molar-refractivity contribution in [2.45, 2.75) is 25.0 Å². The number of anilines is 1. The summed E-state index contributed by atoms with van der Waals surface area (Å²) in [4.78, 5) is 14.7. The van der Waals surface area contributed by atoms with Crippen molar-refractivity contribution >= 4 is 11.7 Å². The number of carbonyl (C=O) groups excluding carboxylic acids is 1. The molecular formula is C21H24N2O3. The Morgan fingerprint density at radius 3 is 2.46 bits per heavy atom. The lowest BCUT2D eigenvalue weighted by Crippen LogP contribution is -2.49. The van der Waals surface area contributed by atoms with Crippen molar-refractivity contribution < 1.29 is 14.3 Å². The number of rotatable bonds is 4. The highest BCUT2D eigenvalue weighted by Crippen LogP contribution is 2.39. The first-order valence-electron chi connectivity index (χ1n) is 9.13. The van der Waals surface area contributed by atoms with Crippen LogP contribution in [0.5, 0.6) is 5.75 Å². The van der Waals surface area contributed by atoms with E-state index in [0.29, 0.717) is 19.0 Å². The first-order valence-corrected chi connectivity index (χ1v) is 9.13. The summed E-state index contributed by atoms with van der Waals surface area (Å²) >= 11 is 0. The molecule has 2 atom stereocenters. The third kappa shape index (κ3) is 3.83. The lowest BCUT2D eigenvalue weighted by atomic mass is 10.1. The van der Waals surface area contributed by atoms with Crippen LogP contribution >= 0.6 is 0 Å². The van der Waals surface area contributed by atoms with Gasteiger partial charge in [0.1, 0.15) is 11.9 Å². The van der Waals surface area contributed by atoms with Gasteiger partial charge < -0.3 is 19.7 Å². The molecule has 1 aliphatic carbocycles. The summed E-state index contributed by atoms with van der Waals surface area (Å²) in [6.45, 7) is 1.21. The van der Waals surface area contributed by atoms with Crippen LogP contribution in [-0.4, -0.2) is 37.2 Å². The number of hydrogen-bond donors (Lipinski definition) is 1. The molecule has 0 unspecified atom stereocenters. The van der Waals surface area contributed by atoms with Crippen molar-refractivity contribution in [2.75, 3.05) is 25.5 Å². The molecule has 2 fully saturated rings. The first kappa shape index (κ1) is 16.9. The van der Waals surface area contributed by atoms with E-state index < -0.39 is 0 Å². The molecule has 0 radical (unpaired) electrons. The molecule has 2 aliphatic rings. The minimum atomic E-state index is -0.0787. The third-order valence-corrected chi connectivity index (χ3v) is 5.07. The van der Waals surface area contributed by atoms with Crippen molar-refractivity contribution in [1.29, 1.82) is 0 Å². The summed E-state index contributed by atoms with van der Waals surface area (Å²) in [6, 6.07) is 17.5. The number of hydrogen-bond acceptors (Lipinski definition) is 3. The molecule has 1 saturated carbocycles. The van der Waals surface area contributed by atoms with Crippen LogP contribution in [0.15, 0.2) is 54.6 Å². The van der Waals surface area contributed by atoms with Crippen LogP contribution in [0.3, 0.4) is 0 Å². The maximum Gasteiger partial charge on any atom is 0.322 e. The van der Waals surface area contributed by atoms with Crippen LogP contribution in [-0.2, 0) is 4.74 Å². The summed E-state index contributed by atoms with van der Waals surface area (Å²) in [7, 11) is 1.63. The van der Waals surface area contributed by atoms with Crippen LogP contribution in [0, 0.1) is 5.92 Å². The van der Waals surface area contributed by atoms with E-state index in [9.17, 15) is 4.79 Å². The fourth-order valence-electron chi connectivity index (χ4n) is 3.41. The predicted molar refractivity (Wildman–Crippen MR) is 100 cm³/mol. The van der Waals surface area contributed by atoms with Gasteiger partial charge in [-0.05, 0) is 48.6 Å². The van der Waals surface area contributed by atoms with Gasteiger partial charge in [-0.25, -0.2) is 4.79 Å². The monoisotopic (exact) mass is 352 g/mol. The Morgan fingerprint density at radius 1 is 1.08 bits per heavy atom. The summed E-state index contributed by atoms with van der Waals surface area (Å²) in [5, 5.41) is 2.99. The number of benzene rings is 2. The molecule has 0 bridgehead atoms. The zero-order valence-corrected chi connectivity index (χ0v) is 14.9. The Hall–Kier alpha value is -2.53. The average Bonchev–Trinajstić information content (AvgIpc) is 3.54. The molecule has 0 aromatic heterocycles. The molecule has 1 aliphatic heterocycles. The minimum Gasteiger partial charge on any atom is -0.497 e. The molecule has 1 N–H and O–H groups in total. The van der Waals surface area contributed by atoms with E-state index in [2.05, 4.69) is 17.4 Å². The number of urea groups is 1. The molecule has 136 valence electrons. The molecule has 2 aromatic carbocycles. The second-order valence-electron chi connectivity index (χ2n) is 6.97. The van der Waals surface area contributed by atoms with E-state index in [4.69, 9.17) is 9.47 Å². The highest BCUT2D eigenvalue weighted by atomic mass is 16.5.